The molecule has 5 unspecified atom stereocenters. The molecule has 5 nitrogen and oxygen atoms in total. The fraction of sp³-hybridized carbons (Fsp3) is 1.00. The molecule has 0 N–H and O–H groups in total. The minimum Gasteiger partial charge on any atom is -0.353 e. The van der Waals surface area contributed by atoms with E-state index in [0.29, 0.717) is 13.4 Å². The molecule has 6 heteroatoms. The van der Waals surface area contributed by atoms with E-state index in [1.54, 1.807) is 0 Å². The second-order valence-corrected chi connectivity index (χ2v) is 4.03. The highest BCUT2D eigenvalue weighted by Crippen LogP contribution is 2.35. The van der Waals surface area contributed by atoms with Crippen LogP contribution in [0.15, 0.2) is 0 Å². The number of rotatable bonds is 1. The van der Waals surface area contributed by atoms with Gasteiger partial charge in [0.2, 0.25) is 0 Å². The fourth-order valence-corrected chi connectivity index (χ4v) is 2.38. The molecule has 0 aromatic rings. The normalized spacial score (nSPS) is 52.5. The van der Waals surface area contributed by atoms with Crippen LogP contribution < -0.4 is 0 Å². The average Bonchev–Trinajstić information content (AvgIpc) is 2.84. The van der Waals surface area contributed by atoms with Crippen LogP contribution in [0.1, 0.15) is 0 Å². The summed E-state index contributed by atoms with van der Waals surface area (Å²) >= 11 is 6.19. The second-order valence-electron chi connectivity index (χ2n) is 3.52. The van der Waals surface area contributed by atoms with Crippen molar-refractivity contribution in [1.82, 2.24) is 0 Å². The van der Waals surface area contributed by atoms with Gasteiger partial charge in [0.15, 0.2) is 13.1 Å². The van der Waals surface area contributed by atoms with Crippen molar-refractivity contribution < 1.29 is 23.7 Å². The Morgan fingerprint density at radius 3 is 2.64 bits per heavy atom. The van der Waals surface area contributed by atoms with Gasteiger partial charge in [-0.3, -0.25) is 0 Å². The summed E-state index contributed by atoms with van der Waals surface area (Å²) in [7, 11) is 0. The molecule has 3 aliphatic rings. The molecule has 5 atom stereocenters. The van der Waals surface area contributed by atoms with Gasteiger partial charge in [-0.15, -0.1) is 11.6 Å². The van der Waals surface area contributed by atoms with Crippen molar-refractivity contribution in [1.29, 1.82) is 0 Å². The van der Waals surface area contributed by atoms with Gasteiger partial charge in [0.1, 0.15) is 25.1 Å². The minimum atomic E-state index is -0.341. The van der Waals surface area contributed by atoms with E-state index in [1.807, 2.05) is 0 Å². The molecule has 14 heavy (non-hydrogen) atoms. The van der Waals surface area contributed by atoms with Gasteiger partial charge in [-0.05, 0) is 0 Å². The maximum absolute atomic E-state index is 6.19. The summed E-state index contributed by atoms with van der Waals surface area (Å²) < 4.78 is 26.5. The van der Waals surface area contributed by atoms with Crippen LogP contribution in [0.4, 0.5) is 0 Å². The molecule has 3 aliphatic heterocycles. The van der Waals surface area contributed by atoms with Crippen molar-refractivity contribution in [2.24, 2.45) is 0 Å². The van der Waals surface area contributed by atoms with Gasteiger partial charge in [0.05, 0.1) is 12.0 Å². The van der Waals surface area contributed by atoms with E-state index in [-0.39, 0.29) is 36.8 Å². The maximum Gasteiger partial charge on any atom is 0.188 e. The highest BCUT2D eigenvalue weighted by atomic mass is 35.5. The topological polar surface area (TPSA) is 46.2 Å². The van der Waals surface area contributed by atoms with E-state index >= 15 is 0 Å². The molecule has 0 aromatic carbocycles. The smallest absolute Gasteiger partial charge is 0.188 e. The van der Waals surface area contributed by atoms with Crippen LogP contribution >= 0.6 is 11.6 Å². The predicted molar refractivity (Wildman–Crippen MR) is 44.8 cm³/mol. The standard InChI is InChI=1S/C8H11ClO5/c9-5-6(4-1-10-2-11-4)14-8-7(5)12-3-13-8/h4-8H,1-3H2. The first-order valence-corrected chi connectivity index (χ1v) is 5.02. The van der Waals surface area contributed by atoms with E-state index < -0.39 is 0 Å². The molecular weight excluding hydrogens is 212 g/mol. The molecule has 0 spiro atoms. The highest BCUT2D eigenvalue weighted by Gasteiger charge is 2.52. The van der Waals surface area contributed by atoms with Crippen LogP contribution in [0.5, 0.6) is 0 Å². The van der Waals surface area contributed by atoms with Gasteiger partial charge in [-0.25, -0.2) is 0 Å². The van der Waals surface area contributed by atoms with Gasteiger partial charge >= 0.3 is 0 Å². The lowest BCUT2D eigenvalue weighted by atomic mass is 10.1. The summed E-state index contributed by atoms with van der Waals surface area (Å²) in [4.78, 5) is 0. The Kier molecular flexibility index (Phi) is 2.39. The van der Waals surface area contributed by atoms with Crippen LogP contribution in [0.2, 0.25) is 0 Å². The molecule has 0 amide bonds. The van der Waals surface area contributed by atoms with Crippen LogP contribution in [-0.4, -0.2) is 50.2 Å². The van der Waals surface area contributed by atoms with Crippen LogP contribution in [0.3, 0.4) is 0 Å². The zero-order chi connectivity index (χ0) is 9.54. The monoisotopic (exact) mass is 222 g/mol. The summed E-state index contributed by atoms with van der Waals surface area (Å²) in [6.07, 6.45) is -0.817. The number of fused-ring (bicyclic) bond motifs is 1. The zero-order valence-electron chi connectivity index (χ0n) is 7.43. The fourth-order valence-electron chi connectivity index (χ4n) is 1.96. The molecule has 0 aromatic heterocycles. The van der Waals surface area contributed by atoms with Gasteiger partial charge < -0.3 is 23.7 Å². The minimum absolute atomic E-state index is 0.102. The lowest BCUT2D eigenvalue weighted by Crippen LogP contribution is -2.37. The highest BCUT2D eigenvalue weighted by molar-refractivity contribution is 6.21. The summed E-state index contributed by atoms with van der Waals surface area (Å²) in [6.45, 7) is 1.09. The Bertz CT molecular complexity index is 220. The number of hydrogen-bond donors (Lipinski definition) is 0. The van der Waals surface area contributed by atoms with Crippen molar-refractivity contribution in [2.75, 3.05) is 20.2 Å². The number of halogens is 1. The Labute approximate surface area is 86.1 Å². The molecule has 3 heterocycles. The Balaban J connectivity index is 1.70. The van der Waals surface area contributed by atoms with Crippen LogP contribution in [-0.2, 0) is 23.7 Å². The third-order valence-electron chi connectivity index (χ3n) is 2.69. The van der Waals surface area contributed by atoms with Gasteiger partial charge in [0.25, 0.3) is 0 Å². The van der Waals surface area contributed by atoms with Crippen LogP contribution in [0, 0.1) is 0 Å². The predicted octanol–water partition coefficient (Wildman–Crippen LogP) is 0.0645. The summed E-state index contributed by atoms with van der Waals surface area (Å²) in [5.41, 5.74) is 0. The molecule has 0 aliphatic carbocycles. The lowest BCUT2D eigenvalue weighted by Gasteiger charge is -2.19. The molecule has 3 rings (SSSR count). The summed E-state index contributed by atoms with van der Waals surface area (Å²) in [5.74, 6) is 0. The molecule has 3 saturated heterocycles. The van der Waals surface area contributed by atoms with Crippen molar-refractivity contribution in [3.05, 3.63) is 0 Å². The Hall–Kier alpha value is 0.0900. The summed E-state index contributed by atoms with van der Waals surface area (Å²) in [6, 6.07) is 0. The zero-order valence-corrected chi connectivity index (χ0v) is 8.18. The number of ether oxygens (including phenoxy) is 5. The first-order chi connectivity index (χ1) is 6.86. The van der Waals surface area contributed by atoms with Crippen molar-refractivity contribution in [3.63, 3.8) is 0 Å². The molecular formula is C8H11ClO5. The Morgan fingerprint density at radius 2 is 1.93 bits per heavy atom. The van der Waals surface area contributed by atoms with E-state index in [9.17, 15) is 0 Å². The van der Waals surface area contributed by atoms with E-state index in [0.717, 1.165) is 0 Å². The third kappa shape index (κ3) is 1.36. The first kappa shape index (κ1) is 9.33. The van der Waals surface area contributed by atoms with E-state index in [4.69, 9.17) is 35.3 Å². The average molecular weight is 223 g/mol. The van der Waals surface area contributed by atoms with E-state index in [1.165, 1.54) is 0 Å². The van der Waals surface area contributed by atoms with Gasteiger partial charge in [-0.2, -0.15) is 0 Å². The number of hydrogen-bond acceptors (Lipinski definition) is 5. The third-order valence-corrected chi connectivity index (χ3v) is 3.19. The van der Waals surface area contributed by atoms with Crippen molar-refractivity contribution in [3.8, 4) is 0 Å². The second kappa shape index (κ2) is 3.59. The maximum atomic E-state index is 6.19. The van der Waals surface area contributed by atoms with Crippen molar-refractivity contribution >= 4 is 11.6 Å². The van der Waals surface area contributed by atoms with E-state index in [2.05, 4.69) is 0 Å². The molecule has 0 saturated carbocycles. The molecule has 80 valence electrons. The van der Waals surface area contributed by atoms with Crippen molar-refractivity contribution in [2.45, 2.75) is 30.0 Å². The Morgan fingerprint density at radius 1 is 1.00 bits per heavy atom. The van der Waals surface area contributed by atoms with Gasteiger partial charge in [-0.1, -0.05) is 0 Å². The largest absolute Gasteiger partial charge is 0.353 e. The van der Waals surface area contributed by atoms with Gasteiger partial charge in [0, 0.05) is 0 Å². The molecule has 3 fully saturated rings. The molecule has 0 radical (unpaired) electrons. The SMILES string of the molecule is ClC1C(C2COCO2)OC2OCOC21. The number of alkyl halides is 1. The lowest BCUT2D eigenvalue weighted by molar-refractivity contribution is -0.140. The summed E-state index contributed by atoms with van der Waals surface area (Å²) in [5, 5.41) is -0.228. The van der Waals surface area contributed by atoms with Crippen LogP contribution in [0.25, 0.3) is 0 Å². The molecule has 0 bridgehead atoms. The first-order valence-electron chi connectivity index (χ1n) is 4.58. The quantitative estimate of drug-likeness (QED) is 0.588.